The quantitative estimate of drug-likeness (QED) is 0.0261. The molecule has 0 heterocycles. The van der Waals surface area contributed by atoms with E-state index in [-0.39, 0.29) is 44.0 Å². The van der Waals surface area contributed by atoms with Crippen LogP contribution in [0, 0.1) is 0 Å². The fourth-order valence-electron chi connectivity index (χ4n) is 8.43. The third-order valence-electron chi connectivity index (χ3n) is 13.1. The molecule has 73 heavy (non-hydrogen) atoms. The van der Waals surface area contributed by atoms with Crippen molar-refractivity contribution in [1.82, 2.24) is 0 Å². The fraction of sp³-hybridized carbons (Fsp3) is 0.716. The standard InChI is InChI=1S/C67H114O6/c1-4-7-10-13-16-19-22-25-28-31-32-33-34-37-40-43-46-49-52-55-58-61-67(70)73-64(62-71-65(68)59-56-53-50-47-44-41-38-35-29-26-23-20-17-14-11-8-5-2)63-72-66(69)60-57-54-51-48-45-42-39-36-30-27-24-21-18-15-12-9-6-3/h17-18,20-21,26-27,29-30,38-39,41-42,47-48,50-51,64H,4-16,19,22-25,28,31-37,40,43-46,49,52-63H2,1-3H3/b20-17-,21-18-,29-26-,30-27-,41-38-,42-39-,50-47-,51-48-. The second-order valence-corrected chi connectivity index (χ2v) is 20.3. The molecule has 0 aliphatic carbocycles. The van der Waals surface area contributed by atoms with E-state index in [1.807, 2.05) is 0 Å². The van der Waals surface area contributed by atoms with Crippen LogP contribution < -0.4 is 0 Å². The summed E-state index contributed by atoms with van der Waals surface area (Å²) in [5.74, 6) is -1.02. The largest absolute Gasteiger partial charge is 0.462 e. The van der Waals surface area contributed by atoms with Gasteiger partial charge in [0.25, 0.3) is 0 Å². The molecule has 0 saturated heterocycles. The third-order valence-corrected chi connectivity index (χ3v) is 13.1. The Morgan fingerprint density at radius 2 is 0.507 bits per heavy atom. The molecule has 0 aromatic heterocycles. The normalized spacial score (nSPS) is 12.4. The first kappa shape index (κ1) is 69.3. The number of ether oxygens (including phenoxy) is 3. The van der Waals surface area contributed by atoms with Crippen molar-refractivity contribution in [3.8, 4) is 0 Å². The van der Waals surface area contributed by atoms with E-state index in [2.05, 4.69) is 118 Å². The topological polar surface area (TPSA) is 78.9 Å². The molecule has 0 atom stereocenters. The van der Waals surface area contributed by atoms with Gasteiger partial charge in [-0.2, -0.15) is 0 Å². The first-order chi connectivity index (χ1) is 36.0. The van der Waals surface area contributed by atoms with Crippen molar-refractivity contribution in [2.75, 3.05) is 13.2 Å². The number of unbranched alkanes of at least 4 members (excludes halogenated alkanes) is 28. The van der Waals surface area contributed by atoms with E-state index in [4.69, 9.17) is 14.2 Å². The van der Waals surface area contributed by atoms with Crippen molar-refractivity contribution in [2.24, 2.45) is 0 Å². The van der Waals surface area contributed by atoms with Crippen molar-refractivity contribution in [3.63, 3.8) is 0 Å². The molecule has 0 spiro atoms. The van der Waals surface area contributed by atoms with Crippen LogP contribution in [-0.4, -0.2) is 37.2 Å². The molecule has 0 N–H and O–H groups in total. The lowest BCUT2D eigenvalue weighted by Crippen LogP contribution is -2.30. The van der Waals surface area contributed by atoms with Gasteiger partial charge in [0.15, 0.2) is 6.10 Å². The maximum Gasteiger partial charge on any atom is 0.306 e. The van der Waals surface area contributed by atoms with Crippen molar-refractivity contribution >= 4 is 17.9 Å². The van der Waals surface area contributed by atoms with Crippen molar-refractivity contribution in [1.29, 1.82) is 0 Å². The van der Waals surface area contributed by atoms with E-state index in [9.17, 15) is 14.4 Å². The molecule has 0 radical (unpaired) electrons. The van der Waals surface area contributed by atoms with Gasteiger partial charge in [-0.1, -0.05) is 272 Å². The van der Waals surface area contributed by atoms with Crippen molar-refractivity contribution in [3.05, 3.63) is 97.2 Å². The van der Waals surface area contributed by atoms with Crippen LogP contribution in [0.2, 0.25) is 0 Å². The van der Waals surface area contributed by atoms with Gasteiger partial charge in [-0.05, 0) is 96.3 Å². The lowest BCUT2D eigenvalue weighted by molar-refractivity contribution is -0.167. The molecule has 6 nitrogen and oxygen atoms in total. The van der Waals surface area contributed by atoms with Crippen LogP contribution in [0.25, 0.3) is 0 Å². The number of carbonyl (C=O) groups is 3. The molecular weight excluding hydrogens is 901 g/mol. The van der Waals surface area contributed by atoms with E-state index in [1.54, 1.807) is 0 Å². The van der Waals surface area contributed by atoms with Crippen LogP contribution in [-0.2, 0) is 28.6 Å². The maximum atomic E-state index is 12.9. The SMILES string of the molecule is CCCCC/C=C\C/C=C\C/C=C\C/C=C\CCCC(=O)OCC(COC(=O)CCC/C=C\C/C=C\C/C=C\C/C=C\CCCCC)OC(=O)CCCCCCCCCCCCCCCCCCCCCCC. The van der Waals surface area contributed by atoms with E-state index >= 15 is 0 Å². The highest BCUT2D eigenvalue weighted by Crippen LogP contribution is 2.16. The molecule has 0 aromatic rings. The molecule has 0 fully saturated rings. The Kier molecular flexibility index (Phi) is 57.8. The Bertz CT molecular complexity index is 1370. The Hall–Kier alpha value is -3.67. The molecule has 418 valence electrons. The van der Waals surface area contributed by atoms with E-state index in [0.29, 0.717) is 19.3 Å². The van der Waals surface area contributed by atoms with Crippen LogP contribution in [0.4, 0.5) is 0 Å². The van der Waals surface area contributed by atoms with Gasteiger partial charge in [-0.15, -0.1) is 0 Å². The molecule has 0 aliphatic heterocycles. The zero-order chi connectivity index (χ0) is 52.9. The smallest absolute Gasteiger partial charge is 0.306 e. The molecule has 0 rings (SSSR count). The van der Waals surface area contributed by atoms with E-state index in [1.165, 1.54) is 167 Å². The van der Waals surface area contributed by atoms with Gasteiger partial charge >= 0.3 is 17.9 Å². The Morgan fingerprint density at radius 3 is 0.808 bits per heavy atom. The third kappa shape index (κ3) is 59.1. The summed E-state index contributed by atoms with van der Waals surface area (Å²) in [5.41, 5.74) is 0. The predicted octanol–water partition coefficient (Wildman–Crippen LogP) is 20.9. The number of hydrogen-bond donors (Lipinski definition) is 0. The summed E-state index contributed by atoms with van der Waals surface area (Å²) in [5, 5.41) is 0. The molecular formula is C67H114O6. The van der Waals surface area contributed by atoms with Crippen LogP contribution >= 0.6 is 0 Å². The molecule has 0 bridgehead atoms. The highest BCUT2D eigenvalue weighted by atomic mass is 16.6. The number of esters is 3. The second kappa shape index (κ2) is 60.9. The van der Waals surface area contributed by atoms with Crippen molar-refractivity contribution in [2.45, 2.75) is 297 Å². The van der Waals surface area contributed by atoms with Gasteiger partial charge in [0.2, 0.25) is 0 Å². The zero-order valence-corrected chi connectivity index (χ0v) is 47.9. The monoisotopic (exact) mass is 1010 g/mol. The predicted molar refractivity (Wildman–Crippen MR) is 316 cm³/mol. The fourth-order valence-corrected chi connectivity index (χ4v) is 8.43. The average Bonchev–Trinajstić information content (AvgIpc) is 3.39. The van der Waals surface area contributed by atoms with E-state index in [0.717, 1.165) is 70.6 Å². The van der Waals surface area contributed by atoms with E-state index < -0.39 is 6.10 Å². The van der Waals surface area contributed by atoms with Gasteiger partial charge in [0, 0.05) is 19.3 Å². The summed E-state index contributed by atoms with van der Waals surface area (Å²) in [6, 6.07) is 0. The van der Waals surface area contributed by atoms with Gasteiger partial charge in [-0.25, -0.2) is 0 Å². The summed E-state index contributed by atoms with van der Waals surface area (Å²) in [4.78, 5) is 38.2. The number of rotatable bonds is 55. The molecule has 0 saturated carbocycles. The van der Waals surface area contributed by atoms with Gasteiger partial charge in [-0.3, -0.25) is 14.4 Å². The highest BCUT2D eigenvalue weighted by Gasteiger charge is 2.19. The zero-order valence-electron chi connectivity index (χ0n) is 47.9. The summed E-state index contributed by atoms with van der Waals surface area (Å²) in [6.07, 6.45) is 81.3. The molecule has 0 aromatic carbocycles. The van der Waals surface area contributed by atoms with Crippen LogP contribution in [0.5, 0.6) is 0 Å². The Morgan fingerprint density at radius 1 is 0.274 bits per heavy atom. The summed E-state index contributed by atoms with van der Waals surface area (Å²) < 4.78 is 16.8. The molecule has 0 unspecified atom stereocenters. The van der Waals surface area contributed by atoms with Crippen LogP contribution in [0.3, 0.4) is 0 Å². The number of carbonyl (C=O) groups excluding carboxylic acids is 3. The highest BCUT2D eigenvalue weighted by molar-refractivity contribution is 5.71. The lowest BCUT2D eigenvalue weighted by atomic mass is 10.0. The lowest BCUT2D eigenvalue weighted by Gasteiger charge is -2.18. The number of allylic oxidation sites excluding steroid dienone is 16. The molecule has 0 amide bonds. The second-order valence-electron chi connectivity index (χ2n) is 20.3. The first-order valence-corrected chi connectivity index (χ1v) is 30.7. The summed E-state index contributed by atoms with van der Waals surface area (Å²) in [6.45, 7) is 6.51. The van der Waals surface area contributed by atoms with Crippen LogP contribution in [0.1, 0.15) is 290 Å². The maximum absolute atomic E-state index is 12.9. The Labute approximate surface area is 451 Å². The average molecular weight is 1020 g/mol. The first-order valence-electron chi connectivity index (χ1n) is 30.7. The minimum absolute atomic E-state index is 0.121. The van der Waals surface area contributed by atoms with Gasteiger partial charge < -0.3 is 14.2 Å². The summed E-state index contributed by atoms with van der Waals surface area (Å²) >= 11 is 0. The van der Waals surface area contributed by atoms with Crippen molar-refractivity contribution < 1.29 is 28.6 Å². The van der Waals surface area contributed by atoms with Gasteiger partial charge in [0.05, 0.1) is 0 Å². The molecule has 6 heteroatoms. The molecule has 0 aliphatic rings. The Balaban J connectivity index is 4.50. The van der Waals surface area contributed by atoms with Crippen LogP contribution in [0.15, 0.2) is 97.2 Å². The van der Waals surface area contributed by atoms with Gasteiger partial charge in [0.1, 0.15) is 13.2 Å². The minimum Gasteiger partial charge on any atom is -0.462 e. The summed E-state index contributed by atoms with van der Waals surface area (Å²) in [7, 11) is 0. The number of hydrogen-bond acceptors (Lipinski definition) is 6. The minimum atomic E-state index is -0.822.